The van der Waals surface area contributed by atoms with Crippen LogP contribution < -0.4 is 4.72 Å². The number of nitrogens with zero attached hydrogens (tertiary/aromatic N) is 3. The summed E-state index contributed by atoms with van der Waals surface area (Å²) in [4.78, 5) is 13.1. The molecule has 2 heterocycles. The van der Waals surface area contributed by atoms with E-state index in [9.17, 15) is 13.2 Å². The summed E-state index contributed by atoms with van der Waals surface area (Å²) in [5.41, 5.74) is 0. The second kappa shape index (κ2) is 6.54. The molecule has 0 spiro atoms. The number of hydrogen-bond donors (Lipinski definition) is 2. The fourth-order valence-electron chi connectivity index (χ4n) is 2.48. The Labute approximate surface area is 123 Å². The van der Waals surface area contributed by atoms with Crippen LogP contribution in [0.1, 0.15) is 19.3 Å². The van der Waals surface area contributed by atoms with Crippen molar-refractivity contribution in [3.8, 4) is 0 Å². The molecular weight excluding hydrogens is 296 g/mol. The number of hydrogen-bond acceptors (Lipinski definition) is 5. The molecule has 0 bridgehead atoms. The highest BCUT2D eigenvalue weighted by Crippen LogP contribution is 2.16. The number of nitrogens with one attached hydrogen (secondary N) is 1. The maximum Gasteiger partial charge on any atom is 0.320 e. The average Bonchev–Trinajstić information content (AvgIpc) is 2.86. The third-order valence-electron chi connectivity index (χ3n) is 3.58. The molecule has 9 heteroatoms. The molecule has 8 nitrogen and oxygen atoms in total. The van der Waals surface area contributed by atoms with Crippen molar-refractivity contribution < 1.29 is 18.3 Å². The van der Waals surface area contributed by atoms with Crippen LogP contribution in [0.4, 0.5) is 0 Å². The van der Waals surface area contributed by atoms with Gasteiger partial charge in [0.15, 0.2) is 0 Å². The number of likely N-dealkylation sites (tertiary alicyclic amines) is 1. The van der Waals surface area contributed by atoms with Gasteiger partial charge in [0, 0.05) is 26.3 Å². The van der Waals surface area contributed by atoms with Crippen LogP contribution in [0.5, 0.6) is 0 Å². The van der Waals surface area contributed by atoms with Gasteiger partial charge in [-0.3, -0.25) is 14.4 Å². The van der Waals surface area contributed by atoms with Crippen molar-refractivity contribution in [1.82, 2.24) is 19.4 Å². The molecule has 118 valence electrons. The minimum absolute atomic E-state index is 0.110. The average molecular weight is 316 g/mol. The van der Waals surface area contributed by atoms with E-state index in [2.05, 4.69) is 9.82 Å². The van der Waals surface area contributed by atoms with Gasteiger partial charge >= 0.3 is 5.97 Å². The molecule has 2 rings (SSSR count). The van der Waals surface area contributed by atoms with E-state index in [4.69, 9.17) is 5.11 Å². The van der Waals surface area contributed by atoms with Gasteiger partial charge in [0.2, 0.25) is 10.0 Å². The van der Waals surface area contributed by atoms with Crippen molar-refractivity contribution in [2.75, 3.05) is 19.6 Å². The van der Waals surface area contributed by atoms with Crippen molar-refractivity contribution in [3.63, 3.8) is 0 Å². The number of carbonyl (C=O) groups is 1. The van der Waals surface area contributed by atoms with Crippen molar-refractivity contribution in [1.29, 1.82) is 0 Å². The smallest absolute Gasteiger partial charge is 0.320 e. The molecule has 1 aromatic rings. The van der Waals surface area contributed by atoms with Gasteiger partial charge in [-0.2, -0.15) is 5.10 Å². The van der Waals surface area contributed by atoms with E-state index in [-0.39, 0.29) is 11.4 Å². The van der Waals surface area contributed by atoms with Crippen molar-refractivity contribution in [2.24, 2.45) is 7.05 Å². The standard InChI is InChI=1S/C12H20N4O4S/c1-15-9-10(8-13-15)21(19,20)14-5-7-16-6-3-2-4-11(16)12(17)18/h8-9,11,14H,2-7H2,1H3,(H,17,18). The molecule has 0 radical (unpaired) electrons. The maximum atomic E-state index is 12.0. The lowest BCUT2D eigenvalue weighted by Gasteiger charge is -2.32. The first-order valence-electron chi connectivity index (χ1n) is 6.85. The van der Waals surface area contributed by atoms with Gasteiger partial charge in [-0.15, -0.1) is 0 Å². The molecule has 1 atom stereocenters. The normalized spacial score (nSPS) is 20.5. The van der Waals surface area contributed by atoms with Gasteiger partial charge < -0.3 is 5.11 Å². The largest absolute Gasteiger partial charge is 0.480 e. The first-order chi connectivity index (χ1) is 9.90. The van der Waals surface area contributed by atoms with Gasteiger partial charge in [-0.1, -0.05) is 6.42 Å². The lowest BCUT2D eigenvalue weighted by atomic mass is 10.0. The van der Waals surface area contributed by atoms with E-state index in [0.29, 0.717) is 19.5 Å². The molecule has 0 saturated carbocycles. The van der Waals surface area contributed by atoms with Crippen molar-refractivity contribution >= 4 is 16.0 Å². The second-order valence-electron chi connectivity index (χ2n) is 5.13. The molecule has 2 N–H and O–H groups in total. The van der Waals surface area contributed by atoms with Crippen LogP contribution >= 0.6 is 0 Å². The van der Waals surface area contributed by atoms with Crippen molar-refractivity contribution in [3.05, 3.63) is 12.4 Å². The van der Waals surface area contributed by atoms with Crippen LogP contribution in [0, 0.1) is 0 Å². The number of carboxylic acid groups (broad SMARTS) is 1. The van der Waals surface area contributed by atoms with Crippen LogP contribution in [0.3, 0.4) is 0 Å². The Morgan fingerprint density at radius 2 is 2.29 bits per heavy atom. The predicted molar refractivity (Wildman–Crippen MR) is 75.2 cm³/mol. The summed E-state index contributed by atoms with van der Waals surface area (Å²) in [6, 6.07) is -0.512. The van der Waals surface area contributed by atoms with E-state index < -0.39 is 22.0 Å². The lowest BCUT2D eigenvalue weighted by molar-refractivity contribution is -0.144. The highest BCUT2D eigenvalue weighted by atomic mass is 32.2. The summed E-state index contributed by atoms with van der Waals surface area (Å²) < 4.78 is 27.9. The lowest BCUT2D eigenvalue weighted by Crippen LogP contribution is -2.47. The summed E-state index contributed by atoms with van der Waals surface area (Å²) >= 11 is 0. The van der Waals surface area contributed by atoms with Crippen LogP contribution in [0.15, 0.2) is 17.3 Å². The number of carboxylic acids is 1. The zero-order valence-electron chi connectivity index (χ0n) is 11.9. The molecule has 1 fully saturated rings. The first kappa shape index (κ1) is 15.9. The Hall–Kier alpha value is -1.45. The maximum absolute atomic E-state index is 12.0. The molecule has 0 amide bonds. The fourth-order valence-corrected chi connectivity index (χ4v) is 3.49. The molecule has 21 heavy (non-hydrogen) atoms. The van der Waals surface area contributed by atoms with Crippen LogP contribution in [-0.4, -0.2) is 59.9 Å². The molecule has 1 saturated heterocycles. The minimum Gasteiger partial charge on any atom is -0.480 e. The van der Waals surface area contributed by atoms with Crippen LogP contribution in [-0.2, 0) is 21.9 Å². The number of aliphatic carboxylic acids is 1. The molecule has 0 aliphatic carbocycles. The minimum atomic E-state index is -3.59. The Balaban J connectivity index is 1.89. The van der Waals surface area contributed by atoms with Gasteiger partial charge in [0.05, 0.1) is 6.20 Å². The number of rotatable bonds is 6. The Kier molecular flexibility index (Phi) is 4.96. The third kappa shape index (κ3) is 4.02. The summed E-state index contributed by atoms with van der Waals surface area (Å²) in [6.07, 6.45) is 5.16. The number of aromatic nitrogens is 2. The predicted octanol–water partition coefficient (Wildman–Crippen LogP) is -0.362. The highest BCUT2D eigenvalue weighted by molar-refractivity contribution is 7.89. The van der Waals surface area contributed by atoms with E-state index in [0.717, 1.165) is 12.8 Å². The quantitative estimate of drug-likeness (QED) is 0.742. The molecule has 1 aliphatic rings. The van der Waals surface area contributed by atoms with E-state index >= 15 is 0 Å². The van der Waals surface area contributed by atoms with Crippen LogP contribution in [0.25, 0.3) is 0 Å². The Morgan fingerprint density at radius 1 is 1.52 bits per heavy atom. The topological polar surface area (TPSA) is 105 Å². The summed E-state index contributed by atoms with van der Waals surface area (Å²) in [7, 11) is -1.94. The monoisotopic (exact) mass is 316 g/mol. The van der Waals surface area contributed by atoms with Crippen LogP contribution in [0.2, 0.25) is 0 Å². The molecule has 1 aromatic heterocycles. The molecule has 1 unspecified atom stereocenters. The van der Waals surface area contributed by atoms with Crippen molar-refractivity contribution in [2.45, 2.75) is 30.2 Å². The second-order valence-corrected chi connectivity index (χ2v) is 6.90. The van der Waals surface area contributed by atoms with Gasteiger partial charge in [-0.05, 0) is 19.4 Å². The Morgan fingerprint density at radius 3 is 2.90 bits per heavy atom. The van der Waals surface area contributed by atoms with E-state index in [1.54, 1.807) is 7.05 Å². The molecular formula is C12H20N4O4S. The van der Waals surface area contributed by atoms with Gasteiger partial charge in [-0.25, -0.2) is 13.1 Å². The van der Waals surface area contributed by atoms with E-state index in [1.165, 1.54) is 17.1 Å². The summed E-state index contributed by atoms with van der Waals surface area (Å²) in [5, 5.41) is 13.0. The number of sulfonamides is 1. The SMILES string of the molecule is Cn1cc(S(=O)(=O)NCCN2CCCCC2C(=O)O)cn1. The number of piperidine rings is 1. The fraction of sp³-hybridized carbons (Fsp3) is 0.667. The Bertz CT molecular complexity index is 598. The molecule has 0 aromatic carbocycles. The highest BCUT2D eigenvalue weighted by Gasteiger charge is 2.28. The van der Waals surface area contributed by atoms with Gasteiger partial charge in [0.25, 0.3) is 0 Å². The number of aryl methyl sites for hydroxylation is 1. The first-order valence-corrected chi connectivity index (χ1v) is 8.33. The zero-order valence-corrected chi connectivity index (χ0v) is 12.7. The zero-order chi connectivity index (χ0) is 15.5. The van der Waals surface area contributed by atoms with Gasteiger partial charge in [0.1, 0.15) is 10.9 Å². The summed E-state index contributed by atoms with van der Waals surface area (Å²) in [5.74, 6) is -0.843. The van der Waals surface area contributed by atoms with E-state index in [1.807, 2.05) is 4.90 Å². The summed E-state index contributed by atoms with van der Waals surface area (Å²) in [6.45, 7) is 1.25. The molecule has 1 aliphatic heterocycles. The third-order valence-corrected chi connectivity index (χ3v) is 5.00.